The van der Waals surface area contributed by atoms with Crippen molar-refractivity contribution in [2.24, 2.45) is 0 Å². The summed E-state index contributed by atoms with van der Waals surface area (Å²) >= 11 is 11.7. The lowest BCUT2D eigenvalue weighted by molar-refractivity contribution is -0.140. The number of rotatable bonds is 1. The first-order valence-corrected chi connectivity index (χ1v) is 6.76. The van der Waals surface area contributed by atoms with Gasteiger partial charge in [-0.1, -0.05) is 35.3 Å². The molecule has 0 aliphatic carbocycles. The number of H-pyrrole nitrogens is 1. The van der Waals surface area contributed by atoms with E-state index in [1.165, 1.54) is 12.1 Å². The van der Waals surface area contributed by atoms with Gasteiger partial charge in [0.2, 0.25) is 0 Å². The van der Waals surface area contributed by atoms with Crippen LogP contribution in [0.1, 0.15) is 5.69 Å². The Morgan fingerprint density at radius 3 is 2.10 bits per heavy atom. The molecule has 108 valence electrons. The van der Waals surface area contributed by atoms with Crippen LogP contribution in [0.2, 0.25) is 10.0 Å². The average Bonchev–Trinajstić information content (AvgIpc) is 2.78. The summed E-state index contributed by atoms with van der Waals surface area (Å²) < 4.78 is 39.8. The lowest BCUT2D eigenvalue weighted by Crippen LogP contribution is -2.07. The molecular weight excluding hydrogens is 322 g/mol. The van der Waals surface area contributed by atoms with Crippen LogP contribution in [0, 0.1) is 0 Å². The summed E-state index contributed by atoms with van der Waals surface area (Å²) in [6.07, 6.45) is -4.49. The van der Waals surface area contributed by atoms with Gasteiger partial charge in [-0.05, 0) is 35.9 Å². The van der Waals surface area contributed by atoms with Crippen molar-refractivity contribution in [3.05, 3.63) is 58.2 Å². The number of nitrogens with one attached hydrogen (secondary N) is 1. The van der Waals surface area contributed by atoms with Gasteiger partial charge in [-0.15, -0.1) is 0 Å². The molecule has 0 saturated heterocycles. The summed E-state index contributed by atoms with van der Waals surface area (Å²) in [5.74, 6) is 0. The molecule has 1 heterocycles. The highest BCUT2D eigenvalue weighted by Gasteiger charge is 2.36. The highest BCUT2D eigenvalue weighted by atomic mass is 35.5. The molecule has 0 spiro atoms. The third-order valence-corrected chi connectivity index (χ3v) is 3.66. The predicted molar refractivity (Wildman–Crippen MR) is 78.8 cm³/mol. The molecule has 2 aromatic carbocycles. The van der Waals surface area contributed by atoms with Crippen LogP contribution >= 0.6 is 23.2 Å². The van der Waals surface area contributed by atoms with Crippen molar-refractivity contribution in [3.63, 3.8) is 0 Å². The lowest BCUT2D eigenvalue weighted by Gasteiger charge is -2.08. The molecule has 6 heteroatoms. The Morgan fingerprint density at radius 1 is 0.857 bits per heavy atom. The van der Waals surface area contributed by atoms with E-state index in [0.717, 1.165) is 0 Å². The highest BCUT2D eigenvalue weighted by molar-refractivity contribution is 6.31. The molecule has 0 atom stereocenters. The van der Waals surface area contributed by atoms with Crippen molar-refractivity contribution in [2.75, 3.05) is 0 Å². The van der Waals surface area contributed by atoms with Gasteiger partial charge in [0.05, 0.1) is 0 Å². The number of hydrogen-bond donors (Lipinski definition) is 1. The van der Waals surface area contributed by atoms with Crippen molar-refractivity contribution < 1.29 is 13.2 Å². The van der Waals surface area contributed by atoms with Gasteiger partial charge in [0, 0.05) is 26.5 Å². The Kier molecular flexibility index (Phi) is 3.38. The summed E-state index contributed by atoms with van der Waals surface area (Å²) in [5.41, 5.74) is 0.107. The van der Waals surface area contributed by atoms with Crippen molar-refractivity contribution in [1.82, 2.24) is 4.98 Å². The van der Waals surface area contributed by atoms with E-state index in [1.807, 2.05) is 0 Å². The van der Waals surface area contributed by atoms with E-state index >= 15 is 0 Å². The van der Waals surface area contributed by atoms with E-state index in [-0.39, 0.29) is 5.56 Å². The zero-order valence-electron chi connectivity index (χ0n) is 10.4. The fraction of sp³-hybridized carbons (Fsp3) is 0.0667. The predicted octanol–water partition coefficient (Wildman–Crippen LogP) is 6.16. The number of fused-ring (bicyclic) bond motifs is 1. The topological polar surface area (TPSA) is 15.8 Å². The number of benzene rings is 2. The normalized spacial score (nSPS) is 12.0. The molecule has 1 N–H and O–H groups in total. The zero-order valence-corrected chi connectivity index (χ0v) is 11.9. The quantitative estimate of drug-likeness (QED) is 0.550. The molecule has 0 radical (unpaired) electrons. The molecule has 0 saturated carbocycles. The van der Waals surface area contributed by atoms with E-state index in [2.05, 4.69) is 4.98 Å². The minimum atomic E-state index is -4.49. The summed E-state index contributed by atoms with van der Waals surface area (Å²) in [7, 11) is 0. The Labute approximate surface area is 128 Å². The third kappa shape index (κ3) is 2.61. The monoisotopic (exact) mass is 329 g/mol. The third-order valence-electron chi connectivity index (χ3n) is 3.18. The number of aromatic amines is 1. The van der Waals surface area contributed by atoms with E-state index in [4.69, 9.17) is 23.2 Å². The molecule has 0 fully saturated rings. The maximum absolute atomic E-state index is 13.3. The van der Waals surface area contributed by atoms with Gasteiger partial charge in [-0.3, -0.25) is 0 Å². The van der Waals surface area contributed by atoms with E-state index in [0.29, 0.717) is 26.5 Å². The van der Waals surface area contributed by atoms with Gasteiger partial charge < -0.3 is 4.98 Å². The van der Waals surface area contributed by atoms with Crippen LogP contribution < -0.4 is 0 Å². The Bertz CT molecular complexity index is 804. The van der Waals surface area contributed by atoms with Crippen LogP contribution in [0.25, 0.3) is 22.0 Å². The highest BCUT2D eigenvalue weighted by Crippen LogP contribution is 2.42. The fourth-order valence-electron chi connectivity index (χ4n) is 2.29. The van der Waals surface area contributed by atoms with E-state index < -0.39 is 11.9 Å². The molecule has 0 bridgehead atoms. The summed E-state index contributed by atoms with van der Waals surface area (Å²) in [6.45, 7) is 0. The van der Waals surface area contributed by atoms with Gasteiger partial charge >= 0.3 is 6.18 Å². The molecule has 0 unspecified atom stereocenters. The smallest absolute Gasteiger partial charge is 0.350 e. The van der Waals surface area contributed by atoms with Crippen molar-refractivity contribution in [3.8, 4) is 11.1 Å². The molecule has 1 nitrogen and oxygen atoms in total. The van der Waals surface area contributed by atoms with Crippen LogP contribution in [0.3, 0.4) is 0 Å². The summed E-state index contributed by atoms with van der Waals surface area (Å²) in [4.78, 5) is 2.43. The Balaban J connectivity index is 2.36. The minimum Gasteiger partial charge on any atom is -0.350 e. The maximum Gasteiger partial charge on any atom is 0.431 e. The zero-order chi connectivity index (χ0) is 15.2. The Hall–Kier alpha value is -1.65. The molecule has 3 rings (SSSR count). The minimum absolute atomic E-state index is 0.0802. The molecule has 21 heavy (non-hydrogen) atoms. The molecule has 1 aromatic heterocycles. The number of halogens is 5. The first-order valence-electron chi connectivity index (χ1n) is 6.00. The second-order valence-corrected chi connectivity index (χ2v) is 5.44. The molecule has 0 aliphatic heterocycles. The average molecular weight is 330 g/mol. The Morgan fingerprint density at radius 2 is 1.48 bits per heavy atom. The second kappa shape index (κ2) is 4.97. The standard InChI is InChI=1S/C15H8Cl2F3N/c16-9-3-1-8(2-4-9)13-11-7-10(17)5-6-12(11)21-14(13)15(18,19)20/h1-7,21H. The summed E-state index contributed by atoms with van der Waals surface area (Å²) in [5, 5.41) is 1.27. The second-order valence-electron chi connectivity index (χ2n) is 4.57. The number of hydrogen-bond acceptors (Lipinski definition) is 0. The van der Waals surface area contributed by atoms with Crippen molar-refractivity contribution in [2.45, 2.75) is 6.18 Å². The summed E-state index contributed by atoms with van der Waals surface area (Å²) in [6, 6.07) is 10.8. The van der Waals surface area contributed by atoms with Gasteiger partial charge in [-0.25, -0.2) is 0 Å². The van der Waals surface area contributed by atoms with Crippen LogP contribution in [0.4, 0.5) is 13.2 Å². The molecule has 3 aromatic rings. The van der Waals surface area contributed by atoms with Gasteiger partial charge in [-0.2, -0.15) is 13.2 Å². The lowest BCUT2D eigenvalue weighted by atomic mass is 10.0. The van der Waals surface area contributed by atoms with Crippen LogP contribution in [0.5, 0.6) is 0 Å². The number of alkyl halides is 3. The van der Waals surface area contributed by atoms with Crippen LogP contribution in [-0.4, -0.2) is 4.98 Å². The SMILES string of the molecule is FC(F)(F)c1[nH]c2ccc(Cl)cc2c1-c1ccc(Cl)cc1. The first-order chi connectivity index (χ1) is 9.86. The largest absolute Gasteiger partial charge is 0.431 e. The van der Waals surface area contributed by atoms with E-state index in [1.54, 1.807) is 30.3 Å². The van der Waals surface area contributed by atoms with Crippen molar-refractivity contribution in [1.29, 1.82) is 0 Å². The van der Waals surface area contributed by atoms with Crippen LogP contribution in [-0.2, 0) is 6.18 Å². The fourth-order valence-corrected chi connectivity index (χ4v) is 2.59. The van der Waals surface area contributed by atoms with Crippen molar-refractivity contribution >= 4 is 34.1 Å². The van der Waals surface area contributed by atoms with Crippen LogP contribution in [0.15, 0.2) is 42.5 Å². The number of aromatic nitrogens is 1. The van der Waals surface area contributed by atoms with Gasteiger partial charge in [0.15, 0.2) is 0 Å². The maximum atomic E-state index is 13.3. The molecular formula is C15H8Cl2F3N. The first kappa shape index (κ1) is 14.3. The van der Waals surface area contributed by atoms with E-state index in [9.17, 15) is 13.2 Å². The van der Waals surface area contributed by atoms with Gasteiger partial charge in [0.25, 0.3) is 0 Å². The molecule has 0 amide bonds. The molecule has 0 aliphatic rings. The van der Waals surface area contributed by atoms with Gasteiger partial charge in [0.1, 0.15) is 5.69 Å².